The van der Waals surface area contributed by atoms with E-state index in [2.05, 4.69) is 9.62 Å². The van der Waals surface area contributed by atoms with Gasteiger partial charge in [0.05, 0.1) is 25.5 Å². The summed E-state index contributed by atoms with van der Waals surface area (Å²) in [5, 5.41) is 10.4. The number of nitrogens with one attached hydrogen (secondary N) is 1. The molecule has 1 saturated heterocycles. The van der Waals surface area contributed by atoms with Crippen molar-refractivity contribution < 1.29 is 33.4 Å². The van der Waals surface area contributed by atoms with Gasteiger partial charge < -0.3 is 28.6 Å². The molecule has 37 heavy (non-hydrogen) atoms. The van der Waals surface area contributed by atoms with Crippen LogP contribution in [0.5, 0.6) is 17.2 Å². The summed E-state index contributed by atoms with van der Waals surface area (Å²) in [6.45, 7) is 4.45. The number of esters is 1. The van der Waals surface area contributed by atoms with Crippen molar-refractivity contribution >= 4 is 46.0 Å². The number of thiophene rings is 1. The molecule has 1 atom stereocenters. The van der Waals surface area contributed by atoms with Crippen LogP contribution in [0.25, 0.3) is 11.1 Å². The van der Waals surface area contributed by atoms with E-state index in [1.165, 1.54) is 23.5 Å². The fourth-order valence-corrected chi connectivity index (χ4v) is 6.51. The molecular formula is C25H25ClN2O7S2. The highest BCUT2D eigenvalue weighted by atomic mass is 35.5. The smallest absolute Gasteiger partial charge is 0.341 e. The number of aromatic hydroxyl groups is 1. The number of ether oxygens (including phenoxy) is 4. The Hall–Kier alpha value is -2.67. The summed E-state index contributed by atoms with van der Waals surface area (Å²) in [5.74, 6) is 0.434. The van der Waals surface area contributed by atoms with Crippen LogP contribution in [0.2, 0.25) is 4.34 Å². The molecule has 196 valence electrons. The fraction of sp³-hybridized carbons (Fsp3) is 0.320. The molecule has 3 aromatic rings. The number of nitrogens with zero attached hydrogens (tertiary/aromatic N) is 1. The van der Waals surface area contributed by atoms with E-state index in [9.17, 15) is 14.5 Å². The third-order valence-electron chi connectivity index (χ3n) is 5.91. The van der Waals surface area contributed by atoms with Gasteiger partial charge in [-0.1, -0.05) is 29.0 Å². The quantitative estimate of drug-likeness (QED) is 0.220. The van der Waals surface area contributed by atoms with Crippen LogP contribution in [0.1, 0.15) is 16.8 Å². The lowest BCUT2D eigenvalue weighted by Gasteiger charge is -2.26. The molecule has 0 spiro atoms. The molecule has 3 heterocycles. The van der Waals surface area contributed by atoms with Crippen molar-refractivity contribution in [1.29, 1.82) is 0 Å². The number of morpholine rings is 1. The number of anilines is 1. The SMILES string of the molecule is O=C(OCCCN1CCOCC1)c1ccc(N[S+]([O-])c2cc(-c3ccc4c(c3)OCO4)c(Cl)s2)cc1O. The number of carbonyl (C=O) groups is 1. The molecule has 5 rings (SSSR count). The monoisotopic (exact) mass is 564 g/mol. The molecule has 2 N–H and O–H groups in total. The van der Waals surface area contributed by atoms with E-state index in [-0.39, 0.29) is 24.7 Å². The highest BCUT2D eigenvalue weighted by Gasteiger charge is 2.23. The van der Waals surface area contributed by atoms with Crippen molar-refractivity contribution in [3.05, 3.63) is 52.4 Å². The van der Waals surface area contributed by atoms with E-state index in [0.717, 1.165) is 44.0 Å². The van der Waals surface area contributed by atoms with E-state index in [1.807, 2.05) is 12.1 Å². The van der Waals surface area contributed by atoms with Crippen LogP contribution in [-0.2, 0) is 20.8 Å². The molecule has 0 aliphatic carbocycles. The van der Waals surface area contributed by atoms with Crippen LogP contribution in [0.3, 0.4) is 0 Å². The topological polar surface area (TPSA) is 113 Å². The molecule has 2 aromatic carbocycles. The zero-order chi connectivity index (χ0) is 25.8. The summed E-state index contributed by atoms with van der Waals surface area (Å²) in [7, 11) is 0. The Morgan fingerprint density at radius 2 is 1.97 bits per heavy atom. The average molecular weight is 565 g/mol. The van der Waals surface area contributed by atoms with Gasteiger partial charge in [-0.25, -0.2) is 9.52 Å². The Balaban J connectivity index is 1.17. The standard InChI is InChI=1S/C25H25ClN2O7S2/c26-24-19(16-2-5-21-22(12-16)35-15-34-21)14-23(36-24)37(31)27-17-3-4-18(20(29)13-17)25(30)33-9-1-6-28-7-10-32-11-8-28/h2-5,12-14,27,29H,1,6-11,15H2. The van der Waals surface area contributed by atoms with Crippen molar-refractivity contribution in [2.24, 2.45) is 0 Å². The number of benzene rings is 2. The van der Waals surface area contributed by atoms with Crippen molar-refractivity contribution in [2.75, 3.05) is 51.0 Å². The minimum absolute atomic E-state index is 0.0481. The predicted molar refractivity (Wildman–Crippen MR) is 141 cm³/mol. The van der Waals surface area contributed by atoms with Gasteiger partial charge in [-0.05, 0) is 36.2 Å². The van der Waals surface area contributed by atoms with E-state index in [4.69, 9.17) is 30.5 Å². The van der Waals surface area contributed by atoms with Crippen LogP contribution < -0.4 is 14.2 Å². The second kappa shape index (κ2) is 11.8. The number of hydrogen-bond donors (Lipinski definition) is 2. The van der Waals surface area contributed by atoms with Gasteiger partial charge in [0, 0.05) is 37.3 Å². The Labute approximate surface area is 226 Å². The number of fused-ring (bicyclic) bond motifs is 1. The maximum atomic E-state index is 13.0. The van der Waals surface area contributed by atoms with Crippen LogP contribution >= 0.6 is 22.9 Å². The first kappa shape index (κ1) is 26.0. The number of hydrogen-bond acceptors (Lipinski definition) is 10. The van der Waals surface area contributed by atoms with Gasteiger partial charge in [0.1, 0.15) is 27.0 Å². The van der Waals surface area contributed by atoms with Crippen LogP contribution in [0.4, 0.5) is 5.69 Å². The lowest BCUT2D eigenvalue weighted by Crippen LogP contribution is -2.37. The van der Waals surface area contributed by atoms with Gasteiger partial charge in [-0.15, -0.1) is 0 Å². The first-order chi connectivity index (χ1) is 18.0. The molecule has 1 aromatic heterocycles. The molecule has 1 fully saturated rings. The Morgan fingerprint density at radius 1 is 1.16 bits per heavy atom. The van der Waals surface area contributed by atoms with E-state index < -0.39 is 17.3 Å². The average Bonchev–Trinajstić information content (AvgIpc) is 3.53. The minimum atomic E-state index is -1.64. The minimum Gasteiger partial charge on any atom is -0.587 e. The molecule has 0 radical (unpaired) electrons. The molecule has 0 saturated carbocycles. The van der Waals surface area contributed by atoms with Crippen molar-refractivity contribution in [3.8, 4) is 28.4 Å². The summed E-state index contributed by atoms with van der Waals surface area (Å²) >= 11 is 5.98. The number of carbonyl (C=O) groups excluding carboxylic acids is 1. The Bertz CT molecular complexity index is 1270. The van der Waals surface area contributed by atoms with E-state index in [1.54, 1.807) is 18.2 Å². The maximum Gasteiger partial charge on any atom is 0.341 e. The molecule has 0 amide bonds. The zero-order valence-corrected chi connectivity index (χ0v) is 22.1. The summed E-state index contributed by atoms with van der Waals surface area (Å²) in [6, 6.07) is 11.6. The highest BCUT2D eigenvalue weighted by molar-refractivity contribution is 7.94. The number of halogens is 1. The van der Waals surface area contributed by atoms with Gasteiger partial charge in [-0.2, -0.15) is 0 Å². The first-order valence-electron chi connectivity index (χ1n) is 11.7. The lowest BCUT2D eigenvalue weighted by atomic mass is 10.1. The van der Waals surface area contributed by atoms with Crippen molar-refractivity contribution in [3.63, 3.8) is 0 Å². The zero-order valence-electron chi connectivity index (χ0n) is 19.7. The van der Waals surface area contributed by atoms with Gasteiger partial charge in [0.15, 0.2) is 11.5 Å². The lowest BCUT2D eigenvalue weighted by molar-refractivity contribution is 0.0297. The molecule has 9 nitrogen and oxygen atoms in total. The summed E-state index contributed by atoms with van der Waals surface area (Å²) < 4.78 is 38.2. The normalized spacial score (nSPS) is 15.9. The molecule has 12 heteroatoms. The third kappa shape index (κ3) is 6.25. The molecule has 1 unspecified atom stereocenters. The number of rotatable bonds is 9. The highest BCUT2D eigenvalue weighted by Crippen LogP contribution is 2.42. The number of phenolic OH excluding ortho intramolecular Hbond substituents is 1. The van der Waals surface area contributed by atoms with E-state index >= 15 is 0 Å². The largest absolute Gasteiger partial charge is 0.587 e. The molecule has 0 bridgehead atoms. The summed E-state index contributed by atoms with van der Waals surface area (Å²) in [4.78, 5) is 14.6. The Morgan fingerprint density at radius 3 is 2.78 bits per heavy atom. The second-order valence-corrected chi connectivity index (χ2v) is 11.5. The first-order valence-corrected chi connectivity index (χ1v) is 14.0. The van der Waals surface area contributed by atoms with Gasteiger partial charge in [0.25, 0.3) is 0 Å². The van der Waals surface area contributed by atoms with Crippen LogP contribution in [0, 0.1) is 0 Å². The summed E-state index contributed by atoms with van der Waals surface area (Å²) in [5.41, 5.74) is 1.98. The predicted octanol–water partition coefficient (Wildman–Crippen LogP) is 4.52. The maximum absolute atomic E-state index is 13.0. The second-order valence-electron chi connectivity index (χ2n) is 8.37. The van der Waals surface area contributed by atoms with Gasteiger partial charge in [-0.3, -0.25) is 4.90 Å². The Kier molecular flexibility index (Phi) is 8.28. The third-order valence-corrected chi connectivity index (χ3v) is 8.68. The van der Waals surface area contributed by atoms with Crippen molar-refractivity contribution in [1.82, 2.24) is 4.90 Å². The van der Waals surface area contributed by atoms with Gasteiger partial charge >= 0.3 is 5.97 Å². The van der Waals surface area contributed by atoms with Gasteiger partial charge in [0.2, 0.25) is 11.0 Å². The molecule has 2 aliphatic heterocycles. The molecule has 2 aliphatic rings. The number of phenols is 1. The van der Waals surface area contributed by atoms with E-state index in [0.29, 0.717) is 32.2 Å². The van der Waals surface area contributed by atoms with Crippen LogP contribution in [-0.4, -0.2) is 66.8 Å². The summed E-state index contributed by atoms with van der Waals surface area (Å²) in [6.07, 6.45) is 0.697. The fourth-order valence-electron chi connectivity index (χ4n) is 3.98. The van der Waals surface area contributed by atoms with Crippen molar-refractivity contribution in [2.45, 2.75) is 10.6 Å². The van der Waals surface area contributed by atoms with Crippen LogP contribution in [0.15, 0.2) is 46.7 Å². The molecular weight excluding hydrogens is 540 g/mol.